The highest BCUT2D eigenvalue weighted by Gasteiger charge is 2.32. The van der Waals surface area contributed by atoms with Crippen LogP contribution in [-0.4, -0.2) is 29.0 Å². The Bertz CT molecular complexity index is 547. The van der Waals surface area contributed by atoms with Crippen molar-refractivity contribution in [3.63, 3.8) is 0 Å². The van der Waals surface area contributed by atoms with E-state index in [9.17, 15) is 8.42 Å². The normalized spacial score (nSPS) is 30.3. The number of hydrogen-bond acceptors (Lipinski definition) is 3. The maximum absolute atomic E-state index is 11.8. The Balaban J connectivity index is 1.78. The molecule has 0 N–H and O–H groups in total. The number of rotatable bonds is 2. The van der Waals surface area contributed by atoms with Crippen molar-refractivity contribution < 1.29 is 8.42 Å². The molecule has 0 aromatic carbocycles. The molecule has 1 fully saturated rings. The summed E-state index contributed by atoms with van der Waals surface area (Å²) < 4.78 is 25.9. The molecular weight excluding hydrogens is 248 g/mol. The Hall–Kier alpha value is -0.840. The lowest BCUT2D eigenvalue weighted by Crippen LogP contribution is -2.18. The molecule has 3 heterocycles. The summed E-state index contributed by atoms with van der Waals surface area (Å²) in [6.45, 7) is 3.28. The lowest BCUT2D eigenvalue weighted by Gasteiger charge is -2.18. The van der Waals surface area contributed by atoms with Crippen molar-refractivity contribution in [2.75, 3.05) is 5.75 Å². The van der Waals surface area contributed by atoms with Crippen LogP contribution < -0.4 is 0 Å². The molecule has 0 amide bonds. The van der Waals surface area contributed by atoms with Gasteiger partial charge in [0.25, 0.3) is 0 Å². The highest BCUT2D eigenvalue weighted by atomic mass is 32.2. The van der Waals surface area contributed by atoms with E-state index in [1.165, 1.54) is 6.42 Å². The summed E-state index contributed by atoms with van der Waals surface area (Å²) >= 11 is 0. The van der Waals surface area contributed by atoms with Crippen molar-refractivity contribution in [3.8, 4) is 0 Å². The Kier molecular flexibility index (Phi) is 2.96. The molecule has 0 bridgehead atoms. The highest BCUT2D eigenvalue weighted by Crippen LogP contribution is 2.25. The van der Waals surface area contributed by atoms with Crippen LogP contribution in [0.4, 0.5) is 0 Å². The van der Waals surface area contributed by atoms with Crippen LogP contribution in [0.15, 0.2) is 6.20 Å². The summed E-state index contributed by atoms with van der Waals surface area (Å²) in [5.74, 6) is 2.20. The number of fused-ring (bicyclic) bond motifs is 1. The average molecular weight is 268 g/mol. The molecule has 2 aliphatic heterocycles. The fourth-order valence-corrected chi connectivity index (χ4v) is 4.91. The molecule has 0 aliphatic carbocycles. The van der Waals surface area contributed by atoms with Gasteiger partial charge in [-0.2, -0.15) is 0 Å². The largest absolute Gasteiger partial charge is 0.335 e. The van der Waals surface area contributed by atoms with E-state index in [1.54, 1.807) is 0 Å². The quantitative estimate of drug-likeness (QED) is 0.818. The minimum Gasteiger partial charge on any atom is -0.335 e. The number of sulfone groups is 1. The molecular formula is C13H20N2O2S. The second-order valence-electron chi connectivity index (χ2n) is 5.78. The first-order chi connectivity index (χ1) is 8.54. The van der Waals surface area contributed by atoms with Gasteiger partial charge in [-0.25, -0.2) is 13.4 Å². The molecule has 0 radical (unpaired) electrons. The summed E-state index contributed by atoms with van der Waals surface area (Å²) in [6, 6.07) is 0. The van der Waals surface area contributed by atoms with Crippen LogP contribution in [0.1, 0.15) is 37.7 Å². The van der Waals surface area contributed by atoms with Gasteiger partial charge in [-0.3, -0.25) is 0 Å². The van der Waals surface area contributed by atoms with Crippen LogP contribution in [0, 0.1) is 5.92 Å². The number of aromatic nitrogens is 2. The molecule has 0 saturated carbocycles. The minimum absolute atomic E-state index is 0.188. The van der Waals surface area contributed by atoms with Gasteiger partial charge < -0.3 is 4.57 Å². The van der Waals surface area contributed by atoms with Gasteiger partial charge in [-0.05, 0) is 25.2 Å². The Morgan fingerprint density at radius 1 is 1.44 bits per heavy atom. The maximum atomic E-state index is 11.8. The third-order valence-corrected chi connectivity index (χ3v) is 6.48. The van der Waals surface area contributed by atoms with Gasteiger partial charge in [-0.1, -0.05) is 6.92 Å². The first-order valence-electron chi connectivity index (χ1n) is 6.81. The molecule has 2 atom stereocenters. The van der Waals surface area contributed by atoms with E-state index in [-0.39, 0.29) is 5.25 Å². The van der Waals surface area contributed by atoms with Crippen molar-refractivity contribution in [3.05, 3.63) is 17.7 Å². The van der Waals surface area contributed by atoms with Gasteiger partial charge in [-0.15, -0.1) is 0 Å². The van der Waals surface area contributed by atoms with Gasteiger partial charge in [0, 0.05) is 25.6 Å². The molecule has 18 heavy (non-hydrogen) atoms. The Labute approximate surface area is 108 Å². The molecule has 2 unspecified atom stereocenters. The Morgan fingerprint density at radius 3 is 3.00 bits per heavy atom. The molecule has 1 aromatic rings. The van der Waals surface area contributed by atoms with Crippen LogP contribution >= 0.6 is 0 Å². The zero-order valence-electron chi connectivity index (χ0n) is 10.8. The molecule has 5 heteroatoms. The summed E-state index contributed by atoms with van der Waals surface area (Å²) in [4.78, 5) is 4.63. The average Bonchev–Trinajstić information content (AvgIpc) is 2.82. The fourth-order valence-electron chi connectivity index (χ4n) is 3.06. The lowest BCUT2D eigenvalue weighted by molar-refractivity contribution is 0.409. The van der Waals surface area contributed by atoms with Crippen LogP contribution in [0.25, 0.3) is 0 Å². The summed E-state index contributed by atoms with van der Waals surface area (Å²) in [6.07, 6.45) is 6.52. The highest BCUT2D eigenvalue weighted by molar-refractivity contribution is 7.92. The van der Waals surface area contributed by atoms with E-state index in [2.05, 4.69) is 22.7 Å². The molecule has 4 nitrogen and oxygen atoms in total. The molecule has 1 saturated heterocycles. The molecule has 3 rings (SSSR count). The second kappa shape index (κ2) is 4.37. The number of aryl methyl sites for hydroxylation is 1. The van der Waals surface area contributed by atoms with E-state index in [0.29, 0.717) is 18.1 Å². The molecule has 0 spiro atoms. The second-order valence-corrected chi connectivity index (χ2v) is 8.18. The van der Waals surface area contributed by atoms with Crippen molar-refractivity contribution in [1.82, 2.24) is 9.55 Å². The van der Waals surface area contributed by atoms with Crippen LogP contribution in [-0.2, 0) is 29.2 Å². The van der Waals surface area contributed by atoms with E-state index in [4.69, 9.17) is 0 Å². The predicted molar refractivity (Wildman–Crippen MR) is 70.2 cm³/mol. The van der Waals surface area contributed by atoms with Crippen molar-refractivity contribution in [2.24, 2.45) is 5.92 Å². The summed E-state index contributed by atoms with van der Waals surface area (Å²) in [7, 11) is -2.85. The van der Waals surface area contributed by atoms with Crippen molar-refractivity contribution in [2.45, 2.75) is 50.8 Å². The van der Waals surface area contributed by atoms with Gasteiger partial charge in [0.15, 0.2) is 9.84 Å². The van der Waals surface area contributed by atoms with Gasteiger partial charge >= 0.3 is 0 Å². The fraction of sp³-hybridized carbons (Fsp3) is 0.769. The predicted octanol–water partition coefficient (Wildman–Crippen LogP) is 1.59. The lowest BCUT2D eigenvalue weighted by atomic mass is 10.0. The first-order valence-corrected chi connectivity index (χ1v) is 8.52. The van der Waals surface area contributed by atoms with Crippen LogP contribution in [0.5, 0.6) is 0 Å². The van der Waals surface area contributed by atoms with Gasteiger partial charge in [0.2, 0.25) is 0 Å². The molecule has 2 aliphatic rings. The SMILES string of the molecule is CC1CCn2cc(CC3CCCS3(=O)=O)nc2C1. The molecule has 1 aromatic heterocycles. The third kappa shape index (κ3) is 2.20. The van der Waals surface area contributed by atoms with E-state index in [0.717, 1.165) is 37.3 Å². The number of nitrogens with zero attached hydrogens (tertiary/aromatic N) is 2. The van der Waals surface area contributed by atoms with Crippen molar-refractivity contribution >= 4 is 9.84 Å². The van der Waals surface area contributed by atoms with Gasteiger partial charge in [0.05, 0.1) is 16.7 Å². The van der Waals surface area contributed by atoms with E-state index in [1.807, 2.05) is 0 Å². The smallest absolute Gasteiger partial charge is 0.153 e. The third-order valence-electron chi connectivity index (χ3n) is 4.20. The van der Waals surface area contributed by atoms with Crippen LogP contribution in [0.2, 0.25) is 0 Å². The van der Waals surface area contributed by atoms with Crippen LogP contribution in [0.3, 0.4) is 0 Å². The molecule has 100 valence electrons. The Morgan fingerprint density at radius 2 is 2.28 bits per heavy atom. The summed E-state index contributed by atoms with van der Waals surface area (Å²) in [5.41, 5.74) is 0.967. The standard InChI is InChI=1S/C13H20N2O2S/c1-10-4-5-15-9-11(14-13(15)7-10)8-12-3-2-6-18(12,16)17/h9-10,12H,2-8H2,1H3. The number of imidazole rings is 1. The topological polar surface area (TPSA) is 52.0 Å². The zero-order chi connectivity index (χ0) is 12.8. The first kappa shape index (κ1) is 12.2. The van der Waals surface area contributed by atoms with E-state index >= 15 is 0 Å². The minimum atomic E-state index is -2.85. The number of hydrogen-bond donors (Lipinski definition) is 0. The summed E-state index contributed by atoms with van der Waals surface area (Å²) in [5, 5.41) is -0.188. The van der Waals surface area contributed by atoms with Crippen molar-refractivity contribution in [1.29, 1.82) is 0 Å². The monoisotopic (exact) mass is 268 g/mol. The van der Waals surface area contributed by atoms with E-state index < -0.39 is 9.84 Å². The maximum Gasteiger partial charge on any atom is 0.153 e. The zero-order valence-corrected chi connectivity index (χ0v) is 11.6. The van der Waals surface area contributed by atoms with Gasteiger partial charge in [0.1, 0.15) is 5.82 Å².